The van der Waals surface area contributed by atoms with Gasteiger partial charge in [-0.05, 0) is 39.7 Å². The highest BCUT2D eigenvalue weighted by Gasteiger charge is 2.25. The van der Waals surface area contributed by atoms with Crippen molar-refractivity contribution in [3.8, 4) is 0 Å². The zero-order valence-electron chi connectivity index (χ0n) is 10.9. The normalized spacial score (nSPS) is 30.4. The van der Waals surface area contributed by atoms with Crippen LogP contribution < -0.4 is 5.32 Å². The molecule has 1 aliphatic heterocycles. The van der Waals surface area contributed by atoms with Crippen molar-refractivity contribution in [1.82, 2.24) is 10.2 Å². The Labute approximate surface area is 95.4 Å². The summed E-state index contributed by atoms with van der Waals surface area (Å²) in [4.78, 5) is 2.69. The van der Waals surface area contributed by atoms with E-state index >= 15 is 0 Å². The fraction of sp³-hybridized carbons (Fsp3) is 1.00. The Morgan fingerprint density at radius 3 is 2.27 bits per heavy atom. The number of nitrogens with zero attached hydrogens (tertiary/aromatic N) is 1. The van der Waals surface area contributed by atoms with Crippen LogP contribution in [0.1, 0.15) is 53.4 Å². The maximum Gasteiger partial charge on any atom is 0.0192 e. The molecule has 0 aliphatic carbocycles. The summed E-state index contributed by atoms with van der Waals surface area (Å²) in [6.07, 6.45) is 5.42. The third-order valence-corrected chi connectivity index (χ3v) is 3.79. The Bertz CT molecular complexity index is 160. The minimum absolute atomic E-state index is 0.679. The summed E-state index contributed by atoms with van der Waals surface area (Å²) in [6.45, 7) is 11.6. The molecule has 0 aromatic heterocycles. The molecule has 1 rings (SSSR count). The largest absolute Gasteiger partial charge is 0.313 e. The van der Waals surface area contributed by atoms with Crippen LogP contribution in [-0.2, 0) is 0 Å². The van der Waals surface area contributed by atoms with Crippen LogP contribution in [-0.4, -0.2) is 36.1 Å². The van der Waals surface area contributed by atoms with E-state index in [-0.39, 0.29) is 0 Å². The van der Waals surface area contributed by atoms with Crippen LogP contribution in [0.3, 0.4) is 0 Å². The Morgan fingerprint density at radius 1 is 1.20 bits per heavy atom. The molecule has 1 fully saturated rings. The first kappa shape index (κ1) is 13.0. The van der Waals surface area contributed by atoms with Gasteiger partial charge < -0.3 is 5.32 Å². The van der Waals surface area contributed by atoms with Crippen molar-refractivity contribution in [2.24, 2.45) is 0 Å². The summed E-state index contributed by atoms with van der Waals surface area (Å²) in [5.41, 5.74) is 0. The molecule has 2 nitrogen and oxygen atoms in total. The molecular weight excluding hydrogens is 184 g/mol. The molecule has 0 bridgehead atoms. The highest BCUT2D eigenvalue weighted by molar-refractivity contribution is 4.82. The van der Waals surface area contributed by atoms with E-state index in [4.69, 9.17) is 0 Å². The Balaban J connectivity index is 2.45. The summed E-state index contributed by atoms with van der Waals surface area (Å²) in [5.74, 6) is 0. The summed E-state index contributed by atoms with van der Waals surface area (Å²) in [6, 6.07) is 2.24. The minimum atomic E-state index is 0.679. The second-order valence-corrected chi connectivity index (χ2v) is 4.99. The predicted octanol–water partition coefficient (Wildman–Crippen LogP) is 2.64. The first-order valence-corrected chi connectivity index (χ1v) is 6.68. The van der Waals surface area contributed by atoms with E-state index in [1.807, 2.05) is 0 Å². The summed E-state index contributed by atoms with van der Waals surface area (Å²) in [7, 11) is 0. The first-order chi connectivity index (χ1) is 7.19. The van der Waals surface area contributed by atoms with Crippen LogP contribution in [0.25, 0.3) is 0 Å². The smallest absolute Gasteiger partial charge is 0.0192 e. The van der Waals surface area contributed by atoms with Gasteiger partial charge in [-0.15, -0.1) is 0 Å². The van der Waals surface area contributed by atoms with Crippen LogP contribution >= 0.6 is 0 Å². The topological polar surface area (TPSA) is 15.3 Å². The lowest BCUT2D eigenvalue weighted by Gasteiger charge is -2.41. The molecule has 1 N–H and O–H groups in total. The first-order valence-electron chi connectivity index (χ1n) is 6.68. The van der Waals surface area contributed by atoms with Crippen molar-refractivity contribution in [3.63, 3.8) is 0 Å². The second-order valence-electron chi connectivity index (χ2n) is 4.99. The van der Waals surface area contributed by atoms with E-state index in [1.165, 1.54) is 32.2 Å². The molecule has 15 heavy (non-hydrogen) atoms. The van der Waals surface area contributed by atoms with E-state index < -0.39 is 0 Å². The molecule has 0 spiro atoms. The van der Waals surface area contributed by atoms with Crippen LogP contribution in [0.4, 0.5) is 0 Å². The van der Waals surface area contributed by atoms with Gasteiger partial charge in [-0.3, -0.25) is 4.90 Å². The lowest BCUT2D eigenvalue weighted by atomic mass is 9.96. The third-order valence-electron chi connectivity index (χ3n) is 3.79. The van der Waals surface area contributed by atoms with Gasteiger partial charge in [0.25, 0.3) is 0 Å². The lowest BCUT2D eigenvalue weighted by molar-refractivity contribution is 0.0905. The molecule has 3 atom stereocenters. The van der Waals surface area contributed by atoms with Crippen molar-refractivity contribution in [2.45, 2.75) is 71.5 Å². The van der Waals surface area contributed by atoms with Gasteiger partial charge >= 0.3 is 0 Å². The molecular formula is C13H28N2. The lowest BCUT2D eigenvalue weighted by Crippen LogP contribution is -2.50. The van der Waals surface area contributed by atoms with E-state index in [1.54, 1.807) is 0 Å². The van der Waals surface area contributed by atoms with Crippen molar-refractivity contribution >= 4 is 0 Å². The maximum absolute atomic E-state index is 3.58. The number of piperidine rings is 1. The number of likely N-dealkylation sites (tertiary alicyclic amines) is 1. The molecule has 2 heteroatoms. The molecule has 3 unspecified atom stereocenters. The molecule has 1 aliphatic rings. The summed E-state index contributed by atoms with van der Waals surface area (Å²) < 4.78 is 0. The fourth-order valence-corrected chi connectivity index (χ4v) is 2.72. The predicted molar refractivity (Wildman–Crippen MR) is 67.2 cm³/mol. The molecule has 1 heterocycles. The van der Waals surface area contributed by atoms with Crippen LogP contribution in [0.15, 0.2) is 0 Å². The summed E-state index contributed by atoms with van der Waals surface area (Å²) >= 11 is 0. The third kappa shape index (κ3) is 3.76. The second kappa shape index (κ2) is 6.49. The van der Waals surface area contributed by atoms with Crippen LogP contribution in [0.5, 0.6) is 0 Å². The number of nitrogens with one attached hydrogen (secondary N) is 1. The van der Waals surface area contributed by atoms with Gasteiger partial charge in [0.15, 0.2) is 0 Å². The Hall–Kier alpha value is -0.0800. The zero-order chi connectivity index (χ0) is 11.3. The number of rotatable bonds is 5. The van der Waals surface area contributed by atoms with E-state index in [0.29, 0.717) is 6.04 Å². The molecule has 0 amide bonds. The Kier molecular flexibility index (Phi) is 5.62. The van der Waals surface area contributed by atoms with E-state index in [9.17, 15) is 0 Å². The molecule has 0 radical (unpaired) electrons. The molecule has 0 aromatic carbocycles. The van der Waals surface area contributed by atoms with E-state index in [0.717, 1.165) is 18.6 Å². The average Bonchev–Trinajstić information content (AvgIpc) is 2.22. The van der Waals surface area contributed by atoms with Gasteiger partial charge in [-0.25, -0.2) is 0 Å². The average molecular weight is 212 g/mol. The highest BCUT2D eigenvalue weighted by Crippen LogP contribution is 2.22. The molecule has 1 saturated heterocycles. The van der Waals surface area contributed by atoms with Crippen LogP contribution in [0.2, 0.25) is 0 Å². The van der Waals surface area contributed by atoms with Gasteiger partial charge in [0.2, 0.25) is 0 Å². The number of hydrogen-bond acceptors (Lipinski definition) is 2. The van der Waals surface area contributed by atoms with Crippen molar-refractivity contribution in [3.05, 3.63) is 0 Å². The van der Waals surface area contributed by atoms with Gasteiger partial charge in [0.1, 0.15) is 0 Å². The van der Waals surface area contributed by atoms with E-state index in [2.05, 4.69) is 37.9 Å². The summed E-state index contributed by atoms with van der Waals surface area (Å²) in [5, 5.41) is 3.58. The zero-order valence-corrected chi connectivity index (χ0v) is 10.9. The van der Waals surface area contributed by atoms with Crippen molar-refractivity contribution < 1.29 is 0 Å². The molecule has 0 saturated carbocycles. The molecule has 0 aromatic rings. The maximum atomic E-state index is 3.58. The fourth-order valence-electron chi connectivity index (χ4n) is 2.72. The van der Waals surface area contributed by atoms with Gasteiger partial charge in [0.05, 0.1) is 0 Å². The van der Waals surface area contributed by atoms with Gasteiger partial charge in [-0.1, -0.05) is 20.3 Å². The minimum Gasteiger partial charge on any atom is -0.313 e. The standard InChI is InChI=1S/C13H28N2/c1-5-13(14-6-2)10-15-11(3)8-7-9-12(15)4/h11-14H,5-10H2,1-4H3. The van der Waals surface area contributed by atoms with Crippen LogP contribution in [0, 0.1) is 0 Å². The van der Waals surface area contributed by atoms with Gasteiger partial charge in [0, 0.05) is 24.7 Å². The SMILES string of the molecule is CCNC(CC)CN1C(C)CCCC1C. The monoisotopic (exact) mass is 212 g/mol. The molecule has 90 valence electrons. The quantitative estimate of drug-likeness (QED) is 0.753. The van der Waals surface area contributed by atoms with Crippen molar-refractivity contribution in [2.75, 3.05) is 13.1 Å². The van der Waals surface area contributed by atoms with Gasteiger partial charge in [-0.2, -0.15) is 0 Å². The number of hydrogen-bond donors (Lipinski definition) is 1. The number of likely N-dealkylation sites (N-methyl/N-ethyl adjacent to an activating group) is 1. The van der Waals surface area contributed by atoms with Crippen molar-refractivity contribution in [1.29, 1.82) is 0 Å². The highest BCUT2D eigenvalue weighted by atomic mass is 15.2. The Morgan fingerprint density at radius 2 is 1.80 bits per heavy atom.